The van der Waals surface area contributed by atoms with Gasteiger partial charge in [-0.2, -0.15) is 0 Å². The zero-order valence-corrected chi connectivity index (χ0v) is 38.5. The minimum Gasteiger partial charge on any atom is -0.462 e. The predicted octanol–water partition coefficient (Wildman–Crippen LogP) is 4.70. The molecule has 1 aliphatic carbocycles. The molecule has 21 atom stereocenters. The lowest BCUT2D eigenvalue weighted by Gasteiger charge is -2.48. The fourth-order valence-electron chi connectivity index (χ4n) is 10.6. The number of hydrogen-bond acceptors (Lipinski definition) is 15. The molecule has 0 aromatic carbocycles. The second kappa shape index (κ2) is 19.9. The van der Waals surface area contributed by atoms with Gasteiger partial charge in [-0.15, -0.1) is 0 Å². The first-order valence-corrected chi connectivity index (χ1v) is 23.0. The van der Waals surface area contributed by atoms with E-state index in [4.69, 9.17) is 47.4 Å². The van der Waals surface area contributed by atoms with Crippen LogP contribution in [-0.4, -0.2) is 144 Å². The molecule has 4 N–H and O–H groups in total. The number of aliphatic hydroxyl groups excluding tert-OH is 3. The van der Waals surface area contributed by atoms with Gasteiger partial charge in [0.2, 0.25) is 0 Å². The number of rotatable bonds is 8. The summed E-state index contributed by atoms with van der Waals surface area (Å²) in [6.07, 6.45) is 5.19. The molecule has 0 saturated carbocycles. The number of methoxy groups -OCH3 is 2. The molecule has 4 saturated heterocycles. The van der Waals surface area contributed by atoms with E-state index >= 15 is 0 Å². The highest BCUT2D eigenvalue weighted by Gasteiger charge is 2.63. The lowest BCUT2D eigenvalue weighted by Crippen LogP contribution is -2.58. The molecule has 1 unspecified atom stereocenters. The lowest BCUT2D eigenvalue weighted by atomic mass is 9.70. The normalized spacial score (nSPS) is 49.7. The largest absolute Gasteiger partial charge is 0.462 e. The number of carbonyl (C=O) groups is 1. The van der Waals surface area contributed by atoms with E-state index in [1.807, 2.05) is 32.9 Å². The standard InChI is InChI=1S/C48H72O15/c1-11-24(2)42-27(5)17-18-47(63-42)23-32-20-31(62-47)16-15-26(4)41(59-38-22-36(55-10)43(30(8)57-38)60-37-21-35(54-9)40(50)29(7)56-37)25(3)13-12-14-33-45(51)61-44-39(49)28(6)19-34(46(52)58-32)48(33,44)53/h12-15,17-19,24-25,27,29-32,34-45,49-51,53H,11,16,20-23H2,1-10H3/b13-12+,26-15+,33-14-/t24-,25+,27+,29+,30+,31-,32+,34+,35+,36+,37+,38+,39-,40+,41+,42-,43+,44-,45?,47-,48-/m1/s1. The molecule has 15 heteroatoms. The summed E-state index contributed by atoms with van der Waals surface area (Å²) in [6, 6.07) is 0. The van der Waals surface area contributed by atoms with Crippen LogP contribution in [0, 0.1) is 23.7 Å². The van der Waals surface area contributed by atoms with Crippen molar-refractivity contribution in [3.8, 4) is 0 Å². The molecule has 63 heavy (non-hydrogen) atoms. The highest BCUT2D eigenvalue weighted by atomic mass is 16.7. The van der Waals surface area contributed by atoms with Crippen molar-refractivity contribution >= 4 is 5.97 Å². The van der Waals surface area contributed by atoms with Crippen LogP contribution in [-0.2, 0) is 52.2 Å². The third kappa shape index (κ3) is 9.88. The first-order chi connectivity index (χ1) is 29.9. The first-order valence-electron chi connectivity index (χ1n) is 23.0. The van der Waals surface area contributed by atoms with Crippen LogP contribution in [0.1, 0.15) is 93.9 Å². The van der Waals surface area contributed by atoms with Crippen molar-refractivity contribution in [1.29, 1.82) is 0 Å². The van der Waals surface area contributed by atoms with Gasteiger partial charge in [-0.3, -0.25) is 4.79 Å². The molecule has 0 amide bonds. The van der Waals surface area contributed by atoms with Crippen LogP contribution in [0.15, 0.2) is 59.3 Å². The molecule has 0 aromatic rings. The summed E-state index contributed by atoms with van der Waals surface area (Å²) in [5, 5.41) is 45.5. The fraction of sp³-hybridized carbons (Fsp3) is 0.771. The van der Waals surface area contributed by atoms with Gasteiger partial charge in [0.15, 0.2) is 24.7 Å². The van der Waals surface area contributed by atoms with E-state index in [9.17, 15) is 25.2 Å². The van der Waals surface area contributed by atoms with Gasteiger partial charge in [-0.25, -0.2) is 0 Å². The summed E-state index contributed by atoms with van der Waals surface area (Å²) in [5.41, 5.74) is -0.749. The van der Waals surface area contributed by atoms with Gasteiger partial charge in [-0.05, 0) is 57.3 Å². The lowest BCUT2D eigenvalue weighted by molar-refractivity contribution is -0.318. The number of allylic oxidation sites excluding steroid dienone is 2. The number of fused-ring (bicyclic) bond motifs is 2. The van der Waals surface area contributed by atoms with Gasteiger partial charge in [0.05, 0.1) is 42.7 Å². The van der Waals surface area contributed by atoms with Gasteiger partial charge < -0.3 is 67.8 Å². The Hall–Kier alpha value is -2.35. The van der Waals surface area contributed by atoms with E-state index in [1.165, 1.54) is 6.08 Å². The molecule has 15 nitrogen and oxygen atoms in total. The molecule has 0 aromatic heterocycles. The van der Waals surface area contributed by atoms with Crippen molar-refractivity contribution in [2.24, 2.45) is 23.7 Å². The fourth-order valence-corrected chi connectivity index (χ4v) is 10.6. The first kappa shape index (κ1) is 48.6. The van der Waals surface area contributed by atoms with Gasteiger partial charge in [0.25, 0.3) is 0 Å². The van der Waals surface area contributed by atoms with Crippen molar-refractivity contribution in [2.45, 2.75) is 197 Å². The number of carbonyl (C=O) groups excluding carboxylic acids is 1. The molecule has 6 aliphatic heterocycles. The summed E-state index contributed by atoms with van der Waals surface area (Å²) in [7, 11) is 3.19. The minimum absolute atomic E-state index is 0.0314. The van der Waals surface area contributed by atoms with Crippen LogP contribution in [0.2, 0.25) is 0 Å². The summed E-state index contributed by atoms with van der Waals surface area (Å²) < 4.78 is 63.3. The van der Waals surface area contributed by atoms with Crippen molar-refractivity contribution in [3.63, 3.8) is 0 Å². The summed E-state index contributed by atoms with van der Waals surface area (Å²) in [4.78, 5) is 14.4. The van der Waals surface area contributed by atoms with E-state index in [2.05, 4.69) is 32.9 Å². The number of esters is 1. The monoisotopic (exact) mass is 888 g/mol. The van der Waals surface area contributed by atoms with Crippen LogP contribution >= 0.6 is 0 Å². The Kier molecular flexibility index (Phi) is 15.3. The maximum Gasteiger partial charge on any atom is 0.316 e. The maximum absolute atomic E-state index is 14.4. The van der Waals surface area contributed by atoms with Crippen molar-refractivity contribution < 1.29 is 72.6 Å². The van der Waals surface area contributed by atoms with Crippen LogP contribution in [0.3, 0.4) is 0 Å². The molecular formula is C48H72O15. The Morgan fingerprint density at radius 2 is 1.56 bits per heavy atom. The minimum atomic E-state index is -2.11. The Balaban J connectivity index is 1.20. The quantitative estimate of drug-likeness (QED) is 0.194. The Bertz CT molecular complexity index is 1760. The summed E-state index contributed by atoms with van der Waals surface area (Å²) in [6.45, 7) is 15.8. The van der Waals surface area contributed by atoms with Crippen molar-refractivity contribution in [2.75, 3.05) is 14.2 Å². The zero-order valence-electron chi connectivity index (χ0n) is 38.5. The highest BCUT2D eigenvalue weighted by Crippen LogP contribution is 2.49. The smallest absolute Gasteiger partial charge is 0.316 e. The summed E-state index contributed by atoms with van der Waals surface area (Å²) in [5.74, 6) is -3.04. The molecule has 1 spiro atoms. The molecule has 7 aliphatic rings. The average Bonchev–Trinajstić information content (AvgIpc) is 3.51. The van der Waals surface area contributed by atoms with Crippen LogP contribution in [0.5, 0.6) is 0 Å². The van der Waals surface area contributed by atoms with Gasteiger partial charge in [-0.1, -0.05) is 70.6 Å². The molecule has 7 rings (SSSR count). The Morgan fingerprint density at radius 1 is 0.857 bits per heavy atom. The molecule has 6 heterocycles. The molecule has 2 bridgehead atoms. The zero-order chi connectivity index (χ0) is 45.5. The third-order valence-corrected chi connectivity index (χ3v) is 14.6. The van der Waals surface area contributed by atoms with Gasteiger partial charge >= 0.3 is 5.97 Å². The van der Waals surface area contributed by atoms with Crippen molar-refractivity contribution in [3.05, 3.63) is 59.3 Å². The van der Waals surface area contributed by atoms with Gasteiger partial charge in [0, 0.05) is 57.3 Å². The van der Waals surface area contributed by atoms with E-state index in [0.717, 1.165) is 12.0 Å². The average molecular weight is 889 g/mol. The van der Waals surface area contributed by atoms with Crippen molar-refractivity contribution in [1.82, 2.24) is 0 Å². The van der Waals surface area contributed by atoms with Crippen LogP contribution in [0.25, 0.3) is 0 Å². The SMILES string of the molecule is CC[C@@H](C)[C@H]1O[C@]2(C=C[C@@H]1C)C[C@@H]1C[C@@H](C/C=C(\C)[C@@H](O[C@H]3C[C@H](OC)[C@@H](O[C@H]4C[C@H](OC)[C@@H](O)[C@H](C)O4)[C@H](C)O3)[C@@H](C)/C=C/C=C3/C(O)O[C@@H]4[C@H](O)C(C)=C[C@@H](C(=O)O1)[C@]34O)O2. The molecular weight excluding hydrogens is 817 g/mol. The van der Waals surface area contributed by atoms with E-state index in [1.54, 1.807) is 40.2 Å². The van der Waals surface area contributed by atoms with Crippen LogP contribution in [0.4, 0.5) is 0 Å². The second-order valence-corrected chi connectivity index (χ2v) is 19.1. The van der Waals surface area contributed by atoms with Gasteiger partial charge in [0.1, 0.15) is 42.0 Å². The number of ether oxygens (including phenoxy) is 10. The van der Waals surface area contributed by atoms with E-state index in [0.29, 0.717) is 31.3 Å². The van der Waals surface area contributed by atoms with E-state index in [-0.39, 0.29) is 35.9 Å². The third-order valence-electron chi connectivity index (χ3n) is 14.6. The number of aliphatic hydroxyl groups is 4. The number of hydrogen-bond donors (Lipinski definition) is 4. The molecule has 0 radical (unpaired) electrons. The molecule has 354 valence electrons. The summed E-state index contributed by atoms with van der Waals surface area (Å²) >= 11 is 0. The maximum atomic E-state index is 14.4. The Labute approximate surface area is 372 Å². The highest BCUT2D eigenvalue weighted by molar-refractivity contribution is 5.78. The van der Waals surface area contributed by atoms with Crippen LogP contribution < -0.4 is 0 Å². The molecule has 4 fully saturated rings. The predicted molar refractivity (Wildman–Crippen MR) is 228 cm³/mol. The van der Waals surface area contributed by atoms with E-state index < -0.39 is 109 Å². The topological polar surface area (TPSA) is 190 Å². The Morgan fingerprint density at radius 3 is 2.27 bits per heavy atom. The second-order valence-electron chi connectivity index (χ2n) is 19.1.